The first kappa shape index (κ1) is 19.5. The lowest BCUT2D eigenvalue weighted by Gasteiger charge is -2.36. The fourth-order valence-electron chi connectivity index (χ4n) is 3.54. The minimum atomic E-state index is 0.114. The monoisotopic (exact) mass is 374 g/mol. The maximum absolute atomic E-state index is 12.7. The van der Waals surface area contributed by atoms with Crippen molar-refractivity contribution in [2.45, 2.75) is 19.3 Å². The van der Waals surface area contributed by atoms with Crippen LogP contribution in [0.3, 0.4) is 0 Å². The predicted molar refractivity (Wildman–Crippen MR) is 105 cm³/mol. The molecule has 0 radical (unpaired) electrons. The molecule has 7 nitrogen and oxygen atoms in total. The van der Waals surface area contributed by atoms with E-state index in [1.54, 1.807) is 6.26 Å². The summed E-state index contributed by atoms with van der Waals surface area (Å²) in [5.41, 5.74) is 0. The van der Waals surface area contributed by atoms with Crippen LogP contribution in [0.15, 0.2) is 40.5 Å². The predicted octanol–water partition coefficient (Wildman–Crippen LogP) is 1.52. The highest BCUT2D eigenvalue weighted by Gasteiger charge is 2.30. The molecule has 2 aliphatic rings. The van der Waals surface area contributed by atoms with Gasteiger partial charge in [-0.3, -0.25) is 9.79 Å². The van der Waals surface area contributed by atoms with Gasteiger partial charge in [-0.1, -0.05) is 6.08 Å². The number of carbonyl (C=O) groups is 1. The van der Waals surface area contributed by atoms with Gasteiger partial charge in [0.1, 0.15) is 5.76 Å². The lowest BCUT2D eigenvalue weighted by molar-refractivity contribution is -0.140. The largest absolute Gasteiger partial charge is 0.469 e. The van der Waals surface area contributed by atoms with Crippen molar-refractivity contribution >= 4 is 11.9 Å². The topological polar surface area (TPSA) is 70.3 Å². The summed E-state index contributed by atoms with van der Waals surface area (Å²) in [5.74, 6) is 2.23. The number of piperidine rings is 1. The molecule has 2 fully saturated rings. The summed E-state index contributed by atoms with van der Waals surface area (Å²) in [6.45, 7) is 9.54. The molecule has 0 saturated carbocycles. The Balaban J connectivity index is 1.51. The molecule has 0 atom stereocenters. The van der Waals surface area contributed by atoms with Crippen LogP contribution >= 0.6 is 0 Å². The first-order valence-corrected chi connectivity index (χ1v) is 9.81. The highest BCUT2D eigenvalue weighted by molar-refractivity contribution is 5.82. The molecule has 0 unspecified atom stereocenters. The second-order valence-corrected chi connectivity index (χ2v) is 6.90. The van der Waals surface area contributed by atoms with Gasteiger partial charge in [0.2, 0.25) is 5.91 Å². The third-order valence-electron chi connectivity index (χ3n) is 5.07. The molecule has 0 aromatic carbocycles. The summed E-state index contributed by atoms with van der Waals surface area (Å²) in [5, 5.41) is 3.34. The van der Waals surface area contributed by atoms with Crippen molar-refractivity contribution in [1.82, 2.24) is 15.1 Å². The van der Waals surface area contributed by atoms with Gasteiger partial charge in [0, 0.05) is 51.6 Å². The van der Waals surface area contributed by atoms with Gasteiger partial charge in [-0.25, -0.2) is 0 Å². The van der Waals surface area contributed by atoms with Gasteiger partial charge in [0.25, 0.3) is 0 Å². The number of nitrogens with zero attached hydrogens (tertiary/aromatic N) is 3. The third-order valence-corrected chi connectivity index (χ3v) is 5.07. The quantitative estimate of drug-likeness (QED) is 0.464. The van der Waals surface area contributed by atoms with Gasteiger partial charge in [-0.15, -0.1) is 6.58 Å². The number of aliphatic imine (C=N–C) groups is 1. The second-order valence-electron chi connectivity index (χ2n) is 6.90. The number of amides is 1. The number of nitrogens with one attached hydrogen (secondary N) is 1. The average Bonchev–Trinajstić information content (AvgIpc) is 3.24. The third kappa shape index (κ3) is 5.60. The van der Waals surface area contributed by atoms with E-state index in [4.69, 9.17) is 14.1 Å². The maximum Gasteiger partial charge on any atom is 0.225 e. The van der Waals surface area contributed by atoms with E-state index in [2.05, 4.69) is 16.8 Å². The van der Waals surface area contributed by atoms with Crippen LogP contribution in [0.25, 0.3) is 0 Å². The highest BCUT2D eigenvalue weighted by Crippen LogP contribution is 2.20. The molecule has 148 valence electrons. The minimum Gasteiger partial charge on any atom is -0.469 e. The van der Waals surface area contributed by atoms with Crippen molar-refractivity contribution in [3.8, 4) is 0 Å². The van der Waals surface area contributed by atoms with Crippen LogP contribution in [0.4, 0.5) is 0 Å². The van der Waals surface area contributed by atoms with Crippen molar-refractivity contribution < 1.29 is 13.9 Å². The number of rotatable bonds is 6. The van der Waals surface area contributed by atoms with Crippen LogP contribution in [0.5, 0.6) is 0 Å². The Bertz CT molecular complexity index is 615. The second kappa shape index (κ2) is 10.2. The van der Waals surface area contributed by atoms with Crippen molar-refractivity contribution in [3.05, 3.63) is 36.8 Å². The molecule has 1 aromatic rings. The number of guanidine groups is 1. The van der Waals surface area contributed by atoms with Crippen LogP contribution in [0, 0.1) is 5.92 Å². The van der Waals surface area contributed by atoms with Crippen molar-refractivity contribution in [2.75, 3.05) is 52.5 Å². The van der Waals surface area contributed by atoms with E-state index in [0.717, 1.165) is 57.2 Å². The Labute approximate surface area is 161 Å². The number of furan rings is 1. The Kier molecular flexibility index (Phi) is 7.33. The lowest BCUT2D eigenvalue weighted by Crippen LogP contribution is -2.50. The normalized spacial score (nSPS) is 19.2. The Hall–Kier alpha value is -2.28. The number of morpholine rings is 1. The van der Waals surface area contributed by atoms with E-state index >= 15 is 0 Å². The van der Waals surface area contributed by atoms with Gasteiger partial charge in [0.15, 0.2) is 5.96 Å². The van der Waals surface area contributed by atoms with E-state index < -0.39 is 0 Å². The summed E-state index contributed by atoms with van der Waals surface area (Å²) >= 11 is 0. The first-order valence-electron chi connectivity index (χ1n) is 9.81. The zero-order valence-electron chi connectivity index (χ0n) is 15.9. The summed E-state index contributed by atoms with van der Waals surface area (Å²) in [4.78, 5) is 21.6. The molecule has 3 rings (SSSR count). The number of carbonyl (C=O) groups excluding carboxylic acids is 1. The Morgan fingerprint density at radius 3 is 2.70 bits per heavy atom. The smallest absolute Gasteiger partial charge is 0.225 e. The van der Waals surface area contributed by atoms with Crippen LogP contribution in [0.1, 0.15) is 18.6 Å². The molecule has 0 spiro atoms. The van der Waals surface area contributed by atoms with E-state index in [9.17, 15) is 4.79 Å². The number of hydrogen-bond acceptors (Lipinski definition) is 4. The molecule has 2 aliphatic heterocycles. The first-order chi connectivity index (χ1) is 13.3. The number of likely N-dealkylation sites (tertiary alicyclic amines) is 1. The van der Waals surface area contributed by atoms with Gasteiger partial charge in [-0.2, -0.15) is 0 Å². The molecule has 2 saturated heterocycles. The summed E-state index contributed by atoms with van der Waals surface area (Å²) in [6, 6.07) is 3.86. The summed E-state index contributed by atoms with van der Waals surface area (Å²) in [6.07, 6.45) is 6.02. The van der Waals surface area contributed by atoms with Crippen LogP contribution in [-0.4, -0.2) is 74.1 Å². The molecular formula is C20H30N4O3. The summed E-state index contributed by atoms with van der Waals surface area (Å²) in [7, 11) is 0. The van der Waals surface area contributed by atoms with Crippen LogP contribution in [-0.2, 0) is 16.0 Å². The zero-order valence-corrected chi connectivity index (χ0v) is 15.9. The van der Waals surface area contributed by atoms with Crippen molar-refractivity contribution in [3.63, 3.8) is 0 Å². The van der Waals surface area contributed by atoms with Gasteiger partial charge in [0.05, 0.1) is 19.5 Å². The van der Waals surface area contributed by atoms with Crippen LogP contribution in [0.2, 0.25) is 0 Å². The van der Waals surface area contributed by atoms with Crippen molar-refractivity contribution in [2.24, 2.45) is 10.9 Å². The molecule has 27 heavy (non-hydrogen) atoms. The minimum absolute atomic E-state index is 0.114. The summed E-state index contributed by atoms with van der Waals surface area (Å²) < 4.78 is 10.7. The molecular weight excluding hydrogens is 344 g/mol. The van der Waals surface area contributed by atoms with E-state index in [1.165, 1.54) is 0 Å². The maximum atomic E-state index is 12.7. The molecule has 3 heterocycles. The van der Waals surface area contributed by atoms with E-state index in [-0.39, 0.29) is 11.8 Å². The van der Waals surface area contributed by atoms with Gasteiger partial charge < -0.3 is 24.3 Å². The fraction of sp³-hybridized carbons (Fsp3) is 0.600. The molecule has 0 aliphatic carbocycles. The fourth-order valence-corrected chi connectivity index (χ4v) is 3.54. The molecule has 1 amide bonds. The lowest BCUT2D eigenvalue weighted by atomic mass is 9.95. The molecule has 0 bridgehead atoms. The Morgan fingerprint density at radius 2 is 2.04 bits per heavy atom. The highest BCUT2D eigenvalue weighted by atomic mass is 16.5. The molecule has 7 heteroatoms. The molecule has 1 aromatic heterocycles. The Morgan fingerprint density at radius 1 is 1.26 bits per heavy atom. The standard InChI is InChI=1S/C20H30N4O3/c1-2-8-21-20(22-9-5-18-4-3-14-27-18)24-10-6-17(7-11-24)19(25)23-12-15-26-16-13-23/h2-4,14,17H,1,5-13,15-16H2,(H,21,22). The SMILES string of the molecule is C=CCNC(=NCCc1ccco1)N1CCC(C(=O)N2CCOCC2)CC1. The van der Waals surface area contributed by atoms with Crippen LogP contribution < -0.4 is 5.32 Å². The number of hydrogen-bond donors (Lipinski definition) is 1. The zero-order chi connectivity index (χ0) is 18.9. The average molecular weight is 374 g/mol. The number of ether oxygens (including phenoxy) is 1. The van der Waals surface area contributed by atoms with Crippen molar-refractivity contribution in [1.29, 1.82) is 0 Å². The van der Waals surface area contributed by atoms with Gasteiger partial charge in [-0.05, 0) is 25.0 Å². The van der Waals surface area contributed by atoms with Gasteiger partial charge >= 0.3 is 0 Å². The van der Waals surface area contributed by atoms with E-state index in [1.807, 2.05) is 23.1 Å². The van der Waals surface area contributed by atoms with E-state index in [0.29, 0.717) is 26.3 Å². The molecule has 1 N–H and O–H groups in total.